The van der Waals surface area contributed by atoms with Crippen LogP contribution in [-0.4, -0.2) is 33.2 Å². The molecule has 8 heteroatoms. The molecule has 25 heavy (non-hydrogen) atoms. The molecule has 1 N–H and O–H groups in total. The molecule has 1 amide bonds. The molecule has 0 atom stereocenters. The number of ether oxygens (including phenoxy) is 1. The molecule has 2 rings (SSSR count). The number of carbonyl (C=O) groups is 2. The van der Waals surface area contributed by atoms with Crippen molar-refractivity contribution in [2.45, 2.75) is 11.4 Å². The highest BCUT2D eigenvalue weighted by molar-refractivity contribution is 7.90. The van der Waals surface area contributed by atoms with Crippen molar-refractivity contribution < 1.29 is 27.1 Å². The first-order valence-electron chi connectivity index (χ1n) is 7.25. The minimum absolute atomic E-state index is 0.128. The summed E-state index contributed by atoms with van der Waals surface area (Å²) in [5.41, 5.74) is 0.555. The largest absolute Gasteiger partial charge is 0.452 e. The van der Waals surface area contributed by atoms with Crippen LogP contribution in [0.1, 0.15) is 15.9 Å². The Bertz CT molecular complexity index is 878. The zero-order valence-electron chi connectivity index (χ0n) is 13.4. The van der Waals surface area contributed by atoms with E-state index >= 15 is 0 Å². The van der Waals surface area contributed by atoms with E-state index in [0.29, 0.717) is 5.56 Å². The summed E-state index contributed by atoms with van der Waals surface area (Å²) < 4.78 is 41.0. The Kier molecular flexibility index (Phi) is 5.87. The lowest BCUT2D eigenvalue weighted by Crippen LogP contribution is -2.28. The van der Waals surface area contributed by atoms with Crippen molar-refractivity contribution >= 4 is 21.7 Å². The van der Waals surface area contributed by atoms with E-state index in [2.05, 4.69) is 5.32 Å². The second kappa shape index (κ2) is 7.89. The number of sulfone groups is 1. The van der Waals surface area contributed by atoms with Gasteiger partial charge in [0.1, 0.15) is 5.82 Å². The van der Waals surface area contributed by atoms with Crippen molar-refractivity contribution in [1.82, 2.24) is 5.32 Å². The third-order valence-corrected chi connectivity index (χ3v) is 4.40. The number of halogens is 1. The number of amides is 1. The summed E-state index contributed by atoms with van der Waals surface area (Å²) in [6, 6.07) is 11.2. The smallest absolute Gasteiger partial charge is 0.339 e. The van der Waals surface area contributed by atoms with Crippen LogP contribution in [0.15, 0.2) is 53.4 Å². The van der Waals surface area contributed by atoms with Crippen molar-refractivity contribution in [2.24, 2.45) is 0 Å². The molecule has 132 valence electrons. The molecule has 0 heterocycles. The molecule has 0 spiro atoms. The highest BCUT2D eigenvalue weighted by Gasteiger charge is 2.19. The van der Waals surface area contributed by atoms with E-state index in [9.17, 15) is 22.4 Å². The molecule has 0 saturated heterocycles. The van der Waals surface area contributed by atoms with E-state index in [1.165, 1.54) is 48.5 Å². The Labute approximate surface area is 144 Å². The van der Waals surface area contributed by atoms with Crippen molar-refractivity contribution in [3.05, 3.63) is 65.5 Å². The lowest BCUT2D eigenvalue weighted by atomic mass is 10.2. The van der Waals surface area contributed by atoms with Crippen molar-refractivity contribution in [2.75, 3.05) is 12.9 Å². The first kappa shape index (κ1) is 18.6. The first-order valence-corrected chi connectivity index (χ1v) is 9.14. The second-order valence-electron chi connectivity index (χ2n) is 5.25. The number of carbonyl (C=O) groups excluding carboxylic acids is 2. The van der Waals surface area contributed by atoms with E-state index in [4.69, 9.17) is 4.74 Å². The monoisotopic (exact) mass is 365 g/mol. The third kappa shape index (κ3) is 5.39. The van der Waals surface area contributed by atoms with Gasteiger partial charge in [-0.2, -0.15) is 0 Å². The average Bonchev–Trinajstić information content (AvgIpc) is 2.58. The molecule has 0 aliphatic rings. The normalized spacial score (nSPS) is 11.0. The Morgan fingerprint density at radius 1 is 1.08 bits per heavy atom. The van der Waals surface area contributed by atoms with E-state index in [-0.39, 0.29) is 22.8 Å². The van der Waals surface area contributed by atoms with Gasteiger partial charge in [-0.05, 0) is 29.8 Å². The van der Waals surface area contributed by atoms with Gasteiger partial charge in [0.25, 0.3) is 5.91 Å². The number of nitrogens with one attached hydrogen (secondary N) is 1. The van der Waals surface area contributed by atoms with Crippen LogP contribution >= 0.6 is 0 Å². The van der Waals surface area contributed by atoms with Gasteiger partial charge >= 0.3 is 5.97 Å². The lowest BCUT2D eigenvalue weighted by molar-refractivity contribution is -0.124. The Balaban J connectivity index is 1.92. The predicted octanol–water partition coefficient (Wildman–Crippen LogP) is 1.70. The summed E-state index contributed by atoms with van der Waals surface area (Å²) in [6.07, 6.45) is 0.981. The maximum atomic E-state index is 12.8. The Morgan fingerprint density at radius 3 is 2.36 bits per heavy atom. The fourth-order valence-corrected chi connectivity index (χ4v) is 2.90. The molecule has 6 nitrogen and oxygen atoms in total. The highest BCUT2D eigenvalue weighted by atomic mass is 32.2. The van der Waals surface area contributed by atoms with Crippen LogP contribution in [-0.2, 0) is 25.9 Å². The van der Waals surface area contributed by atoms with Crippen molar-refractivity contribution in [3.8, 4) is 0 Å². The van der Waals surface area contributed by atoms with E-state index in [1.54, 1.807) is 0 Å². The van der Waals surface area contributed by atoms with Gasteiger partial charge in [-0.3, -0.25) is 4.79 Å². The quantitative estimate of drug-likeness (QED) is 0.787. The van der Waals surface area contributed by atoms with Gasteiger partial charge < -0.3 is 10.1 Å². The summed E-state index contributed by atoms with van der Waals surface area (Å²) in [4.78, 5) is 23.6. The molecule has 0 bridgehead atoms. The van der Waals surface area contributed by atoms with Crippen LogP contribution in [0.3, 0.4) is 0 Å². The zero-order valence-corrected chi connectivity index (χ0v) is 14.2. The number of hydrogen-bond acceptors (Lipinski definition) is 5. The highest BCUT2D eigenvalue weighted by Crippen LogP contribution is 2.16. The van der Waals surface area contributed by atoms with Gasteiger partial charge in [-0.1, -0.05) is 24.3 Å². The van der Waals surface area contributed by atoms with Crippen LogP contribution in [0.5, 0.6) is 0 Å². The van der Waals surface area contributed by atoms with Crippen LogP contribution in [0.2, 0.25) is 0 Å². The molecule has 0 aliphatic heterocycles. The summed E-state index contributed by atoms with van der Waals surface area (Å²) >= 11 is 0. The Morgan fingerprint density at radius 2 is 1.72 bits per heavy atom. The fraction of sp³-hybridized carbons (Fsp3) is 0.176. The van der Waals surface area contributed by atoms with Crippen LogP contribution < -0.4 is 5.32 Å². The van der Waals surface area contributed by atoms with E-state index < -0.39 is 28.3 Å². The molecule has 2 aromatic rings. The molecular formula is C17H16FNO5S. The number of benzene rings is 2. The van der Waals surface area contributed by atoms with Gasteiger partial charge in [-0.15, -0.1) is 0 Å². The molecule has 0 aliphatic carbocycles. The zero-order chi connectivity index (χ0) is 18.4. The minimum Gasteiger partial charge on any atom is -0.452 e. The Hall–Kier alpha value is -2.74. The van der Waals surface area contributed by atoms with Gasteiger partial charge in [0, 0.05) is 12.8 Å². The van der Waals surface area contributed by atoms with Crippen molar-refractivity contribution in [3.63, 3.8) is 0 Å². The molecule has 0 radical (unpaired) electrons. The topological polar surface area (TPSA) is 89.5 Å². The van der Waals surface area contributed by atoms with Gasteiger partial charge in [0.15, 0.2) is 16.4 Å². The van der Waals surface area contributed by atoms with Gasteiger partial charge in [0.05, 0.1) is 10.5 Å². The molecule has 0 unspecified atom stereocenters. The van der Waals surface area contributed by atoms with Gasteiger partial charge in [-0.25, -0.2) is 17.6 Å². The second-order valence-corrected chi connectivity index (χ2v) is 7.23. The maximum Gasteiger partial charge on any atom is 0.339 e. The number of hydrogen-bond donors (Lipinski definition) is 1. The maximum absolute atomic E-state index is 12.8. The summed E-state index contributed by atoms with van der Waals surface area (Å²) in [6.45, 7) is -0.408. The molecular weight excluding hydrogens is 349 g/mol. The van der Waals surface area contributed by atoms with Crippen LogP contribution in [0, 0.1) is 5.82 Å². The summed E-state index contributed by atoms with van der Waals surface area (Å²) in [5.74, 6) is -1.85. The molecule has 0 aromatic heterocycles. The molecule has 0 fully saturated rings. The summed E-state index contributed by atoms with van der Waals surface area (Å²) in [5, 5.41) is 2.51. The molecule has 2 aromatic carbocycles. The predicted molar refractivity (Wildman–Crippen MR) is 88.1 cm³/mol. The van der Waals surface area contributed by atoms with Crippen molar-refractivity contribution in [1.29, 1.82) is 0 Å². The van der Waals surface area contributed by atoms with Gasteiger partial charge in [0.2, 0.25) is 0 Å². The van der Waals surface area contributed by atoms with Crippen LogP contribution in [0.4, 0.5) is 4.39 Å². The lowest BCUT2D eigenvalue weighted by Gasteiger charge is -2.09. The molecule has 0 saturated carbocycles. The SMILES string of the molecule is CS(=O)(=O)c1ccccc1C(=O)OCC(=O)NCc1ccc(F)cc1. The summed E-state index contributed by atoms with van der Waals surface area (Å²) in [7, 11) is -3.60. The van der Waals surface area contributed by atoms with Crippen LogP contribution in [0.25, 0.3) is 0 Å². The minimum atomic E-state index is -3.60. The first-order chi connectivity index (χ1) is 11.8. The number of esters is 1. The van der Waals surface area contributed by atoms with E-state index in [0.717, 1.165) is 6.26 Å². The van der Waals surface area contributed by atoms with E-state index in [1.807, 2.05) is 0 Å². The standard InChI is InChI=1S/C17H16FNO5S/c1-25(22,23)15-5-3-2-4-14(15)17(21)24-11-16(20)19-10-12-6-8-13(18)9-7-12/h2-9H,10-11H2,1H3,(H,19,20). The fourth-order valence-electron chi connectivity index (χ4n) is 2.02. The average molecular weight is 365 g/mol. The third-order valence-electron chi connectivity index (χ3n) is 3.24. The number of rotatable bonds is 6.